The first-order chi connectivity index (χ1) is 9.47. The van der Waals surface area contributed by atoms with Gasteiger partial charge in [-0.2, -0.15) is 0 Å². The maximum absolute atomic E-state index is 13.1. The Hall–Kier alpha value is -1.87. The SMILES string of the molecule is CC(=O)c1ccc(C)cc1OCc1ccc(F)c(Cl)c1. The monoisotopic (exact) mass is 292 g/mol. The summed E-state index contributed by atoms with van der Waals surface area (Å²) in [6.45, 7) is 3.64. The van der Waals surface area contributed by atoms with Crippen LogP contribution in [0.1, 0.15) is 28.4 Å². The number of aryl methyl sites for hydroxylation is 1. The molecular weight excluding hydrogens is 279 g/mol. The quantitative estimate of drug-likeness (QED) is 0.772. The van der Waals surface area contributed by atoms with E-state index in [-0.39, 0.29) is 17.4 Å². The Balaban J connectivity index is 2.20. The number of halogens is 2. The van der Waals surface area contributed by atoms with Gasteiger partial charge in [0, 0.05) is 0 Å². The largest absolute Gasteiger partial charge is 0.488 e. The summed E-state index contributed by atoms with van der Waals surface area (Å²) in [7, 11) is 0. The first-order valence-corrected chi connectivity index (χ1v) is 6.53. The third kappa shape index (κ3) is 3.36. The Morgan fingerprint density at radius 2 is 2.00 bits per heavy atom. The number of Topliss-reactive ketones (excluding diaryl/α,β-unsaturated/α-hetero) is 1. The van der Waals surface area contributed by atoms with Crippen LogP contribution < -0.4 is 4.74 Å². The van der Waals surface area contributed by atoms with Crippen molar-refractivity contribution in [3.8, 4) is 5.75 Å². The van der Waals surface area contributed by atoms with Gasteiger partial charge in [0.25, 0.3) is 0 Å². The van der Waals surface area contributed by atoms with Crippen LogP contribution in [0.3, 0.4) is 0 Å². The highest BCUT2D eigenvalue weighted by Crippen LogP contribution is 2.23. The van der Waals surface area contributed by atoms with Crippen LogP contribution in [0, 0.1) is 12.7 Å². The Morgan fingerprint density at radius 1 is 1.25 bits per heavy atom. The summed E-state index contributed by atoms with van der Waals surface area (Å²) in [5, 5.41) is 0.0575. The van der Waals surface area contributed by atoms with Gasteiger partial charge in [0.1, 0.15) is 18.2 Å². The molecule has 0 spiro atoms. The zero-order chi connectivity index (χ0) is 14.7. The van der Waals surface area contributed by atoms with Crippen molar-refractivity contribution in [3.63, 3.8) is 0 Å². The minimum Gasteiger partial charge on any atom is -0.488 e. The lowest BCUT2D eigenvalue weighted by Crippen LogP contribution is -2.02. The lowest BCUT2D eigenvalue weighted by Gasteiger charge is -2.11. The second-order valence-electron chi connectivity index (χ2n) is 4.59. The average Bonchev–Trinajstić information content (AvgIpc) is 2.40. The highest BCUT2D eigenvalue weighted by molar-refractivity contribution is 6.30. The molecule has 0 unspecified atom stereocenters. The van der Waals surface area contributed by atoms with Gasteiger partial charge in [-0.1, -0.05) is 23.7 Å². The molecule has 2 aromatic rings. The van der Waals surface area contributed by atoms with Gasteiger partial charge in [-0.3, -0.25) is 4.79 Å². The summed E-state index contributed by atoms with van der Waals surface area (Å²) in [5.41, 5.74) is 2.28. The van der Waals surface area contributed by atoms with Crippen molar-refractivity contribution < 1.29 is 13.9 Å². The van der Waals surface area contributed by atoms with Gasteiger partial charge in [0.15, 0.2) is 5.78 Å². The molecule has 20 heavy (non-hydrogen) atoms. The molecule has 4 heteroatoms. The minimum atomic E-state index is -0.463. The van der Waals surface area contributed by atoms with Crippen LogP contribution in [0.5, 0.6) is 5.75 Å². The van der Waals surface area contributed by atoms with Crippen LogP contribution in [-0.4, -0.2) is 5.78 Å². The summed E-state index contributed by atoms with van der Waals surface area (Å²) in [5.74, 6) is 0.00508. The van der Waals surface area contributed by atoms with Crippen molar-refractivity contribution in [2.24, 2.45) is 0 Å². The fraction of sp³-hybridized carbons (Fsp3) is 0.188. The molecule has 0 bridgehead atoms. The van der Waals surface area contributed by atoms with Gasteiger partial charge in [-0.25, -0.2) is 4.39 Å². The summed E-state index contributed by atoms with van der Waals surface area (Å²) < 4.78 is 18.7. The zero-order valence-electron chi connectivity index (χ0n) is 11.2. The number of ether oxygens (including phenoxy) is 1. The van der Waals surface area contributed by atoms with Crippen LogP contribution in [-0.2, 0) is 6.61 Å². The zero-order valence-corrected chi connectivity index (χ0v) is 12.0. The number of hydrogen-bond donors (Lipinski definition) is 0. The molecule has 0 N–H and O–H groups in total. The molecule has 0 aromatic heterocycles. The molecule has 0 saturated heterocycles. The van der Waals surface area contributed by atoms with Crippen molar-refractivity contribution in [1.29, 1.82) is 0 Å². The van der Waals surface area contributed by atoms with E-state index in [0.29, 0.717) is 11.3 Å². The Kier molecular flexibility index (Phi) is 4.40. The molecule has 0 atom stereocenters. The lowest BCUT2D eigenvalue weighted by molar-refractivity contribution is 0.101. The smallest absolute Gasteiger partial charge is 0.163 e. The van der Waals surface area contributed by atoms with Gasteiger partial charge >= 0.3 is 0 Å². The van der Waals surface area contributed by atoms with E-state index in [4.69, 9.17) is 16.3 Å². The number of ketones is 1. The second kappa shape index (κ2) is 6.06. The van der Waals surface area contributed by atoms with E-state index in [9.17, 15) is 9.18 Å². The number of hydrogen-bond acceptors (Lipinski definition) is 2. The van der Waals surface area contributed by atoms with Crippen molar-refractivity contribution in [1.82, 2.24) is 0 Å². The molecule has 0 aliphatic rings. The van der Waals surface area contributed by atoms with Gasteiger partial charge in [0.2, 0.25) is 0 Å². The molecule has 0 amide bonds. The van der Waals surface area contributed by atoms with E-state index in [1.165, 1.54) is 19.1 Å². The fourth-order valence-electron chi connectivity index (χ4n) is 1.83. The van der Waals surface area contributed by atoms with Crippen molar-refractivity contribution in [2.75, 3.05) is 0 Å². The normalized spacial score (nSPS) is 10.4. The molecule has 2 aromatic carbocycles. The predicted octanol–water partition coefficient (Wildman–Crippen LogP) is 4.57. The van der Waals surface area contributed by atoms with Crippen molar-refractivity contribution in [2.45, 2.75) is 20.5 Å². The van der Waals surface area contributed by atoms with Gasteiger partial charge in [-0.05, 0) is 49.2 Å². The highest BCUT2D eigenvalue weighted by Gasteiger charge is 2.09. The van der Waals surface area contributed by atoms with Crippen molar-refractivity contribution >= 4 is 17.4 Å². The van der Waals surface area contributed by atoms with Crippen LogP contribution in [0.4, 0.5) is 4.39 Å². The van der Waals surface area contributed by atoms with Gasteiger partial charge in [0.05, 0.1) is 10.6 Å². The highest BCUT2D eigenvalue weighted by atomic mass is 35.5. The maximum Gasteiger partial charge on any atom is 0.163 e. The Bertz CT molecular complexity index is 653. The molecule has 0 saturated carbocycles. The molecule has 0 aliphatic carbocycles. The van der Waals surface area contributed by atoms with Gasteiger partial charge in [-0.15, -0.1) is 0 Å². The third-order valence-electron chi connectivity index (χ3n) is 2.89. The standard InChI is InChI=1S/C16H14ClFO2/c1-10-3-5-13(11(2)19)16(7-10)20-9-12-4-6-15(18)14(17)8-12/h3-8H,9H2,1-2H3. The number of carbonyl (C=O) groups excluding carboxylic acids is 1. The summed E-state index contributed by atoms with van der Waals surface area (Å²) in [4.78, 5) is 11.5. The van der Waals surface area contributed by atoms with E-state index in [1.54, 1.807) is 12.1 Å². The molecule has 0 heterocycles. The lowest BCUT2D eigenvalue weighted by atomic mass is 10.1. The Labute approximate surface area is 122 Å². The third-order valence-corrected chi connectivity index (χ3v) is 3.18. The van der Waals surface area contributed by atoms with E-state index in [0.717, 1.165) is 11.1 Å². The van der Waals surface area contributed by atoms with E-state index >= 15 is 0 Å². The second-order valence-corrected chi connectivity index (χ2v) is 5.00. The maximum atomic E-state index is 13.1. The first kappa shape index (κ1) is 14.5. The Morgan fingerprint density at radius 3 is 2.65 bits per heavy atom. The average molecular weight is 293 g/mol. The number of benzene rings is 2. The summed E-state index contributed by atoms with van der Waals surface area (Å²) >= 11 is 5.72. The molecule has 0 fully saturated rings. The van der Waals surface area contributed by atoms with E-state index in [1.807, 2.05) is 19.1 Å². The molecular formula is C16H14ClFO2. The molecule has 2 nitrogen and oxygen atoms in total. The van der Waals surface area contributed by atoms with Crippen LogP contribution in [0.15, 0.2) is 36.4 Å². The van der Waals surface area contributed by atoms with Crippen molar-refractivity contribution in [3.05, 3.63) is 63.9 Å². The summed E-state index contributed by atoms with van der Waals surface area (Å²) in [6.07, 6.45) is 0. The van der Waals surface area contributed by atoms with Gasteiger partial charge < -0.3 is 4.74 Å². The van der Waals surface area contributed by atoms with Crippen LogP contribution >= 0.6 is 11.6 Å². The van der Waals surface area contributed by atoms with E-state index < -0.39 is 5.82 Å². The van der Waals surface area contributed by atoms with Crippen LogP contribution in [0.25, 0.3) is 0 Å². The molecule has 2 rings (SSSR count). The topological polar surface area (TPSA) is 26.3 Å². The minimum absolute atomic E-state index is 0.0575. The molecule has 0 aliphatic heterocycles. The number of carbonyl (C=O) groups is 1. The molecule has 104 valence electrons. The number of rotatable bonds is 4. The van der Waals surface area contributed by atoms with Crippen LogP contribution in [0.2, 0.25) is 5.02 Å². The first-order valence-electron chi connectivity index (χ1n) is 6.15. The summed E-state index contributed by atoms with van der Waals surface area (Å²) in [6, 6.07) is 9.82. The predicted molar refractivity (Wildman–Crippen MR) is 76.9 cm³/mol. The van der Waals surface area contributed by atoms with E-state index in [2.05, 4.69) is 0 Å². The fourth-order valence-corrected chi connectivity index (χ4v) is 2.03. The molecule has 0 radical (unpaired) electrons.